The number of phenols is 1. The van der Waals surface area contributed by atoms with Crippen molar-refractivity contribution < 1.29 is 5.11 Å². The van der Waals surface area contributed by atoms with Crippen molar-refractivity contribution in [2.45, 2.75) is 58.8 Å². The van der Waals surface area contributed by atoms with Crippen LogP contribution in [0.3, 0.4) is 0 Å². The monoisotopic (exact) mass is 448 g/mol. The van der Waals surface area contributed by atoms with Gasteiger partial charge in [-0.25, -0.2) is 0 Å². The van der Waals surface area contributed by atoms with Crippen molar-refractivity contribution in [2.75, 3.05) is 0 Å². The topological polar surface area (TPSA) is 20.2 Å². The minimum absolute atomic E-state index is 0.0632. The largest absolute Gasteiger partial charge is 0.507 e. The Hall–Kier alpha value is -3.32. The SMILES string of the molecule is Cc1cc(CCc2ccc(Cc3ccc(Cc4ccccc4)cc3)cc2)cc(C(C)(C)C)c1O. The third-order valence-corrected chi connectivity index (χ3v) is 6.58. The van der Waals surface area contributed by atoms with Crippen LogP contribution in [0.1, 0.15) is 65.3 Å². The van der Waals surface area contributed by atoms with Crippen molar-refractivity contribution in [3.05, 3.63) is 136 Å². The number of phenolic OH excluding ortho intramolecular Hbond substituents is 1. The van der Waals surface area contributed by atoms with Crippen LogP contribution in [0.5, 0.6) is 5.75 Å². The average Bonchev–Trinajstić information content (AvgIpc) is 2.82. The van der Waals surface area contributed by atoms with Crippen LogP contribution in [-0.4, -0.2) is 5.11 Å². The highest BCUT2D eigenvalue weighted by atomic mass is 16.3. The Bertz CT molecular complexity index is 1210. The van der Waals surface area contributed by atoms with Gasteiger partial charge in [0.15, 0.2) is 0 Å². The van der Waals surface area contributed by atoms with Crippen molar-refractivity contribution in [3.63, 3.8) is 0 Å². The molecular formula is C33H36O. The zero-order valence-electron chi connectivity index (χ0n) is 20.9. The van der Waals surface area contributed by atoms with Gasteiger partial charge in [-0.15, -0.1) is 0 Å². The fourth-order valence-corrected chi connectivity index (χ4v) is 4.53. The van der Waals surface area contributed by atoms with E-state index in [4.69, 9.17) is 0 Å². The summed E-state index contributed by atoms with van der Waals surface area (Å²) in [6.07, 6.45) is 3.92. The molecule has 0 aliphatic heterocycles. The highest BCUT2D eigenvalue weighted by Crippen LogP contribution is 2.34. The van der Waals surface area contributed by atoms with Crippen LogP contribution in [-0.2, 0) is 31.1 Å². The number of aryl methyl sites for hydroxylation is 3. The maximum absolute atomic E-state index is 10.5. The quantitative estimate of drug-likeness (QED) is 0.304. The molecule has 34 heavy (non-hydrogen) atoms. The lowest BCUT2D eigenvalue weighted by Crippen LogP contribution is -2.12. The molecule has 4 aromatic carbocycles. The molecule has 0 aliphatic rings. The fraction of sp³-hybridized carbons (Fsp3) is 0.273. The molecule has 0 saturated carbocycles. The number of hydrogen-bond acceptors (Lipinski definition) is 1. The molecule has 0 heterocycles. The van der Waals surface area contributed by atoms with Crippen molar-refractivity contribution in [2.24, 2.45) is 0 Å². The molecule has 174 valence electrons. The van der Waals surface area contributed by atoms with E-state index in [1.54, 1.807) is 0 Å². The molecule has 1 N–H and O–H groups in total. The molecule has 1 nitrogen and oxygen atoms in total. The van der Waals surface area contributed by atoms with Gasteiger partial charge in [-0.1, -0.05) is 112 Å². The molecular weight excluding hydrogens is 412 g/mol. The molecule has 1 heteroatoms. The van der Waals surface area contributed by atoms with Crippen LogP contribution < -0.4 is 0 Å². The molecule has 0 amide bonds. The van der Waals surface area contributed by atoms with Gasteiger partial charge in [-0.05, 0) is 82.5 Å². The van der Waals surface area contributed by atoms with E-state index in [9.17, 15) is 5.11 Å². The zero-order chi connectivity index (χ0) is 24.1. The lowest BCUT2D eigenvalue weighted by atomic mass is 9.83. The Kier molecular flexibility index (Phi) is 7.22. The molecule has 4 aromatic rings. The van der Waals surface area contributed by atoms with Gasteiger partial charge in [0.05, 0.1) is 0 Å². The van der Waals surface area contributed by atoms with Gasteiger partial charge in [0.25, 0.3) is 0 Å². The second kappa shape index (κ2) is 10.3. The van der Waals surface area contributed by atoms with Gasteiger partial charge in [-0.3, -0.25) is 0 Å². The molecule has 0 aliphatic carbocycles. The van der Waals surface area contributed by atoms with Gasteiger partial charge in [0.1, 0.15) is 5.75 Å². The molecule has 4 rings (SSSR count). The summed E-state index contributed by atoms with van der Waals surface area (Å²) in [4.78, 5) is 0. The Labute approximate surface area is 205 Å². The summed E-state index contributed by atoms with van der Waals surface area (Å²) in [7, 11) is 0. The van der Waals surface area contributed by atoms with E-state index in [-0.39, 0.29) is 5.41 Å². The summed E-state index contributed by atoms with van der Waals surface area (Å²) in [6.45, 7) is 8.46. The Morgan fingerprint density at radius 2 is 1.00 bits per heavy atom. The van der Waals surface area contributed by atoms with Gasteiger partial charge in [0, 0.05) is 0 Å². The maximum atomic E-state index is 10.5. The zero-order valence-corrected chi connectivity index (χ0v) is 20.9. The number of benzene rings is 4. The van der Waals surface area contributed by atoms with Gasteiger partial charge >= 0.3 is 0 Å². The minimum atomic E-state index is -0.0632. The molecule has 0 aromatic heterocycles. The normalized spacial score (nSPS) is 11.5. The second-order valence-corrected chi connectivity index (χ2v) is 10.5. The van der Waals surface area contributed by atoms with Crippen molar-refractivity contribution >= 4 is 0 Å². The van der Waals surface area contributed by atoms with Crippen molar-refractivity contribution in [3.8, 4) is 5.75 Å². The van der Waals surface area contributed by atoms with E-state index in [2.05, 4.69) is 112 Å². The van der Waals surface area contributed by atoms with Gasteiger partial charge in [0.2, 0.25) is 0 Å². The first-order valence-corrected chi connectivity index (χ1v) is 12.3. The summed E-state index contributed by atoms with van der Waals surface area (Å²) in [5, 5.41) is 10.5. The summed E-state index contributed by atoms with van der Waals surface area (Å²) < 4.78 is 0. The summed E-state index contributed by atoms with van der Waals surface area (Å²) >= 11 is 0. The van der Waals surface area contributed by atoms with Crippen molar-refractivity contribution in [1.82, 2.24) is 0 Å². The summed E-state index contributed by atoms with van der Waals surface area (Å²) in [6, 6.07) is 33.0. The van der Waals surface area contributed by atoms with Crippen LogP contribution in [0.25, 0.3) is 0 Å². The van der Waals surface area contributed by atoms with Crippen LogP contribution in [0, 0.1) is 6.92 Å². The first kappa shape index (κ1) is 23.8. The number of aromatic hydroxyl groups is 1. The minimum Gasteiger partial charge on any atom is -0.507 e. The maximum Gasteiger partial charge on any atom is 0.122 e. The number of rotatable bonds is 7. The fourth-order valence-electron chi connectivity index (χ4n) is 4.53. The molecule has 0 atom stereocenters. The standard InChI is InChI=1S/C33H36O/c1-24-20-30(23-31(32(24)34)33(2,3)4)19-12-25-10-13-27(14-11-25)22-29-17-15-28(16-18-29)21-26-8-6-5-7-9-26/h5-11,13-18,20,23,34H,12,19,21-22H2,1-4H3. The molecule has 0 radical (unpaired) electrons. The molecule has 0 spiro atoms. The van der Waals surface area contributed by atoms with E-state index in [0.717, 1.165) is 36.8 Å². The van der Waals surface area contributed by atoms with E-state index < -0.39 is 0 Å². The second-order valence-electron chi connectivity index (χ2n) is 10.5. The van der Waals surface area contributed by atoms with E-state index >= 15 is 0 Å². The Morgan fingerprint density at radius 3 is 1.50 bits per heavy atom. The first-order valence-electron chi connectivity index (χ1n) is 12.3. The van der Waals surface area contributed by atoms with E-state index in [1.165, 1.54) is 33.4 Å². The van der Waals surface area contributed by atoms with Crippen molar-refractivity contribution in [1.29, 1.82) is 0 Å². The van der Waals surface area contributed by atoms with Crippen LogP contribution >= 0.6 is 0 Å². The van der Waals surface area contributed by atoms with Crippen LogP contribution in [0.2, 0.25) is 0 Å². The molecule has 0 bridgehead atoms. The van der Waals surface area contributed by atoms with Crippen LogP contribution in [0.15, 0.2) is 91.0 Å². The highest BCUT2D eigenvalue weighted by Gasteiger charge is 2.20. The number of hydrogen-bond donors (Lipinski definition) is 1. The van der Waals surface area contributed by atoms with Gasteiger partial charge < -0.3 is 5.11 Å². The first-order chi connectivity index (χ1) is 16.3. The lowest BCUT2D eigenvalue weighted by molar-refractivity contribution is 0.442. The summed E-state index contributed by atoms with van der Waals surface area (Å²) in [5.74, 6) is 0.439. The average molecular weight is 449 g/mol. The van der Waals surface area contributed by atoms with Crippen LogP contribution in [0.4, 0.5) is 0 Å². The third kappa shape index (κ3) is 6.17. The smallest absolute Gasteiger partial charge is 0.122 e. The molecule has 0 saturated heterocycles. The third-order valence-electron chi connectivity index (χ3n) is 6.58. The van der Waals surface area contributed by atoms with E-state index in [1.807, 2.05) is 6.92 Å². The van der Waals surface area contributed by atoms with E-state index in [0.29, 0.717) is 5.75 Å². The Morgan fingerprint density at radius 1 is 0.559 bits per heavy atom. The predicted molar refractivity (Wildman–Crippen MR) is 144 cm³/mol. The summed E-state index contributed by atoms with van der Waals surface area (Å²) in [5.41, 5.74) is 9.97. The molecule has 0 unspecified atom stereocenters. The molecule has 0 fully saturated rings. The predicted octanol–water partition coefficient (Wildman–Crippen LogP) is 7.96. The van der Waals surface area contributed by atoms with Gasteiger partial charge in [-0.2, -0.15) is 0 Å². The Balaban J connectivity index is 1.35. The highest BCUT2D eigenvalue weighted by molar-refractivity contribution is 5.46. The lowest BCUT2D eigenvalue weighted by Gasteiger charge is -2.22.